The Balaban J connectivity index is 1.67. The van der Waals surface area contributed by atoms with Crippen LogP contribution in [0.4, 0.5) is 0 Å². The highest BCUT2D eigenvalue weighted by atomic mass is 16.3. The van der Waals surface area contributed by atoms with Crippen molar-refractivity contribution in [2.75, 3.05) is 26.7 Å². The Kier molecular flexibility index (Phi) is 6.13. The molecular weight excluding hydrogens is 312 g/mol. The van der Waals surface area contributed by atoms with Gasteiger partial charge in [0.2, 0.25) is 5.91 Å². The zero-order valence-electron chi connectivity index (χ0n) is 15.7. The highest BCUT2D eigenvalue weighted by molar-refractivity contribution is 5.78. The molecule has 0 bridgehead atoms. The van der Waals surface area contributed by atoms with Gasteiger partial charge in [-0.15, -0.1) is 0 Å². The number of rotatable bonds is 6. The van der Waals surface area contributed by atoms with Crippen LogP contribution in [-0.2, 0) is 11.2 Å². The topological polar surface area (TPSA) is 43.8 Å². The fourth-order valence-electron chi connectivity index (χ4n) is 4.62. The number of benzene rings is 1. The first-order valence-corrected chi connectivity index (χ1v) is 9.78. The molecule has 3 rings (SSSR count). The number of aryl methyl sites for hydroxylation is 1. The van der Waals surface area contributed by atoms with Gasteiger partial charge in [-0.2, -0.15) is 0 Å². The van der Waals surface area contributed by atoms with Crippen molar-refractivity contribution in [1.82, 2.24) is 9.80 Å². The summed E-state index contributed by atoms with van der Waals surface area (Å²) >= 11 is 0. The molecular formula is C21H32N2O2. The largest absolute Gasteiger partial charge is 0.395 e. The molecule has 1 aromatic rings. The van der Waals surface area contributed by atoms with E-state index >= 15 is 0 Å². The molecule has 0 radical (unpaired) electrons. The predicted octanol–water partition coefficient (Wildman–Crippen LogP) is 3.01. The van der Waals surface area contributed by atoms with Crippen molar-refractivity contribution in [2.24, 2.45) is 5.92 Å². The van der Waals surface area contributed by atoms with Gasteiger partial charge >= 0.3 is 0 Å². The van der Waals surface area contributed by atoms with Crippen LogP contribution in [0, 0.1) is 5.92 Å². The Morgan fingerprint density at radius 1 is 1.24 bits per heavy atom. The Bertz CT molecular complexity index is 589. The predicted molar refractivity (Wildman–Crippen MR) is 100 cm³/mol. The second-order valence-electron chi connectivity index (χ2n) is 7.88. The number of carbonyl (C=O) groups is 1. The van der Waals surface area contributed by atoms with Crippen molar-refractivity contribution in [3.05, 3.63) is 35.4 Å². The molecule has 2 aliphatic rings. The van der Waals surface area contributed by atoms with E-state index in [1.807, 2.05) is 11.9 Å². The van der Waals surface area contributed by atoms with Crippen LogP contribution in [0.5, 0.6) is 0 Å². The van der Waals surface area contributed by atoms with E-state index in [2.05, 4.69) is 36.1 Å². The van der Waals surface area contributed by atoms with E-state index in [9.17, 15) is 9.90 Å². The number of amides is 1. The number of likely N-dealkylation sites (N-methyl/N-ethyl adjacent to an activating group) is 1. The summed E-state index contributed by atoms with van der Waals surface area (Å²) in [6.45, 7) is 3.42. The molecule has 1 aromatic carbocycles. The maximum atomic E-state index is 13.0. The first-order valence-electron chi connectivity index (χ1n) is 9.78. The molecule has 0 heterocycles. The Morgan fingerprint density at radius 2 is 2.04 bits per heavy atom. The molecule has 1 saturated carbocycles. The monoisotopic (exact) mass is 344 g/mol. The number of nitrogens with zero attached hydrogens (tertiary/aromatic N) is 2. The smallest absolute Gasteiger partial charge is 0.237 e. The van der Waals surface area contributed by atoms with Gasteiger partial charge in [0.15, 0.2) is 0 Å². The average Bonchev–Trinajstić information content (AvgIpc) is 3.06. The summed E-state index contributed by atoms with van der Waals surface area (Å²) in [5, 5.41) is 9.43. The van der Waals surface area contributed by atoms with E-state index in [0.717, 1.165) is 38.0 Å². The number of hydrogen-bond donors (Lipinski definition) is 1. The minimum Gasteiger partial charge on any atom is -0.395 e. The van der Waals surface area contributed by atoms with Gasteiger partial charge in [-0.1, -0.05) is 31.2 Å². The highest BCUT2D eigenvalue weighted by Crippen LogP contribution is 2.34. The molecule has 25 heavy (non-hydrogen) atoms. The SMILES string of the molecule is CC1CCC(N(CCO)CC(=O)N(C)C2CCCc3ccccc32)C1. The normalized spacial score (nSPS) is 25.8. The van der Waals surface area contributed by atoms with Gasteiger partial charge < -0.3 is 10.0 Å². The molecule has 0 aliphatic heterocycles. The van der Waals surface area contributed by atoms with Crippen LogP contribution >= 0.6 is 0 Å². The number of fused-ring (bicyclic) bond motifs is 1. The zero-order chi connectivity index (χ0) is 17.8. The molecule has 4 nitrogen and oxygen atoms in total. The first kappa shape index (κ1) is 18.4. The van der Waals surface area contributed by atoms with Crippen molar-refractivity contribution < 1.29 is 9.90 Å². The van der Waals surface area contributed by atoms with Gasteiger partial charge in [0, 0.05) is 19.6 Å². The van der Waals surface area contributed by atoms with Crippen molar-refractivity contribution in [3.8, 4) is 0 Å². The van der Waals surface area contributed by atoms with Gasteiger partial charge in [-0.05, 0) is 55.6 Å². The number of aliphatic hydroxyl groups is 1. The van der Waals surface area contributed by atoms with Gasteiger partial charge in [0.25, 0.3) is 0 Å². The summed E-state index contributed by atoms with van der Waals surface area (Å²) in [6.07, 6.45) is 6.81. The third-order valence-corrected chi connectivity index (χ3v) is 6.11. The fraction of sp³-hybridized carbons (Fsp3) is 0.667. The molecule has 1 amide bonds. The van der Waals surface area contributed by atoms with Crippen LogP contribution in [-0.4, -0.2) is 53.6 Å². The van der Waals surface area contributed by atoms with Crippen LogP contribution in [0.1, 0.15) is 56.2 Å². The van der Waals surface area contributed by atoms with Crippen LogP contribution in [0.15, 0.2) is 24.3 Å². The minimum absolute atomic E-state index is 0.119. The van der Waals surface area contributed by atoms with E-state index < -0.39 is 0 Å². The Morgan fingerprint density at radius 3 is 2.76 bits per heavy atom. The number of carbonyl (C=O) groups excluding carboxylic acids is 1. The lowest BCUT2D eigenvalue weighted by atomic mass is 9.87. The summed E-state index contributed by atoms with van der Waals surface area (Å²) in [6, 6.07) is 9.17. The standard InChI is InChI=1S/C21H32N2O2/c1-16-10-11-18(14-16)23(12-13-24)15-21(25)22(2)20-9-5-7-17-6-3-4-8-19(17)20/h3-4,6,8,16,18,20,24H,5,7,9-15H2,1-2H3. The maximum absolute atomic E-state index is 13.0. The summed E-state index contributed by atoms with van der Waals surface area (Å²) in [5.74, 6) is 0.902. The number of aliphatic hydroxyl groups excluding tert-OH is 1. The molecule has 138 valence electrons. The van der Waals surface area contributed by atoms with E-state index in [0.29, 0.717) is 19.1 Å². The van der Waals surface area contributed by atoms with Crippen LogP contribution in [0.3, 0.4) is 0 Å². The zero-order valence-corrected chi connectivity index (χ0v) is 15.7. The van der Waals surface area contributed by atoms with E-state index in [4.69, 9.17) is 0 Å². The van der Waals surface area contributed by atoms with Gasteiger partial charge in [-0.25, -0.2) is 0 Å². The summed E-state index contributed by atoms with van der Waals surface area (Å²) < 4.78 is 0. The molecule has 1 fully saturated rings. The van der Waals surface area contributed by atoms with Crippen LogP contribution in [0.2, 0.25) is 0 Å². The molecule has 0 saturated heterocycles. The second kappa shape index (κ2) is 8.33. The fourth-order valence-corrected chi connectivity index (χ4v) is 4.62. The Hall–Kier alpha value is -1.39. The van der Waals surface area contributed by atoms with Gasteiger partial charge in [-0.3, -0.25) is 9.69 Å². The lowest BCUT2D eigenvalue weighted by Gasteiger charge is -2.36. The van der Waals surface area contributed by atoms with Gasteiger partial charge in [0.1, 0.15) is 0 Å². The quantitative estimate of drug-likeness (QED) is 0.863. The molecule has 3 unspecified atom stereocenters. The van der Waals surface area contributed by atoms with E-state index in [1.54, 1.807) is 0 Å². The molecule has 0 aromatic heterocycles. The lowest BCUT2D eigenvalue weighted by Crippen LogP contribution is -2.45. The summed E-state index contributed by atoms with van der Waals surface area (Å²) in [7, 11) is 1.95. The molecule has 2 aliphatic carbocycles. The second-order valence-corrected chi connectivity index (χ2v) is 7.88. The van der Waals surface area contributed by atoms with E-state index in [-0.39, 0.29) is 18.6 Å². The molecule has 1 N–H and O–H groups in total. The Labute approximate surface area is 151 Å². The maximum Gasteiger partial charge on any atom is 0.237 e. The minimum atomic E-state index is 0.119. The van der Waals surface area contributed by atoms with Crippen molar-refractivity contribution in [2.45, 2.75) is 57.5 Å². The van der Waals surface area contributed by atoms with Crippen molar-refractivity contribution in [1.29, 1.82) is 0 Å². The van der Waals surface area contributed by atoms with Gasteiger partial charge in [0.05, 0.1) is 19.2 Å². The van der Waals surface area contributed by atoms with Crippen LogP contribution in [0.25, 0.3) is 0 Å². The molecule has 3 atom stereocenters. The van der Waals surface area contributed by atoms with Crippen molar-refractivity contribution >= 4 is 5.91 Å². The molecule has 4 heteroatoms. The summed E-state index contributed by atoms with van der Waals surface area (Å²) in [4.78, 5) is 17.1. The lowest BCUT2D eigenvalue weighted by molar-refractivity contribution is -0.134. The van der Waals surface area contributed by atoms with E-state index in [1.165, 1.54) is 17.5 Å². The van der Waals surface area contributed by atoms with Crippen LogP contribution < -0.4 is 0 Å². The summed E-state index contributed by atoms with van der Waals surface area (Å²) in [5.41, 5.74) is 2.70. The third kappa shape index (κ3) is 4.24. The average molecular weight is 344 g/mol. The third-order valence-electron chi connectivity index (χ3n) is 6.11. The molecule has 0 spiro atoms. The van der Waals surface area contributed by atoms with Crippen molar-refractivity contribution in [3.63, 3.8) is 0 Å². The highest BCUT2D eigenvalue weighted by Gasteiger charge is 2.31. The number of hydrogen-bond acceptors (Lipinski definition) is 3. The first-order chi connectivity index (χ1) is 12.1.